The van der Waals surface area contributed by atoms with Crippen molar-refractivity contribution in [2.24, 2.45) is 5.92 Å². The van der Waals surface area contributed by atoms with E-state index >= 15 is 0 Å². The second-order valence-electron chi connectivity index (χ2n) is 6.20. The summed E-state index contributed by atoms with van der Waals surface area (Å²) in [6.45, 7) is 3.51. The Kier molecular flexibility index (Phi) is 4.89. The second kappa shape index (κ2) is 6.95. The molecule has 8 heteroatoms. The lowest BCUT2D eigenvalue weighted by molar-refractivity contribution is -0.152. The number of thioether (sulfide) groups is 1. The zero-order chi connectivity index (χ0) is 18.1. The number of nitrogens with zero attached hydrogens (tertiary/aromatic N) is 1. The predicted octanol–water partition coefficient (Wildman–Crippen LogP) is 1.67. The summed E-state index contributed by atoms with van der Waals surface area (Å²) in [5.74, 6) is -0.182. The minimum atomic E-state index is -1.04. The summed E-state index contributed by atoms with van der Waals surface area (Å²) >= 11 is 1.07. The molecule has 2 aliphatic rings. The Morgan fingerprint density at radius 1 is 1.28 bits per heavy atom. The number of fused-ring (bicyclic) bond motifs is 2. The number of carbonyl (C=O) groups is 3. The van der Waals surface area contributed by atoms with Gasteiger partial charge >= 0.3 is 5.97 Å². The van der Waals surface area contributed by atoms with Gasteiger partial charge in [-0.1, -0.05) is 18.7 Å². The van der Waals surface area contributed by atoms with Gasteiger partial charge in [0.25, 0.3) is 0 Å². The lowest BCUT2D eigenvalue weighted by Gasteiger charge is -2.36. The number of aliphatic carboxylic acids is 1. The lowest BCUT2D eigenvalue weighted by atomic mass is 9.92. The molecular formula is C17H19NO6S. The Bertz CT molecular complexity index is 734. The Hall–Kier alpha value is -2.22. The molecule has 7 nitrogen and oxygen atoms in total. The number of carbonyl (C=O) groups excluding carboxylic acids is 2. The summed E-state index contributed by atoms with van der Waals surface area (Å²) in [6, 6.07) is 2.68. The maximum absolute atomic E-state index is 12.8. The SMILES string of the molecule is CC(=O)SC[C@@H](C)C(=O)N1Cc2cc3c(cc2C[C@H]1C(=O)O)OCO3. The Labute approximate surface area is 149 Å². The summed E-state index contributed by atoms with van der Waals surface area (Å²) in [7, 11) is 0. The summed E-state index contributed by atoms with van der Waals surface area (Å²) in [5.41, 5.74) is 1.72. The highest BCUT2D eigenvalue weighted by Gasteiger charge is 2.37. The highest BCUT2D eigenvalue weighted by atomic mass is 32.2. The van der Waals surface area contributed by atoms with Crippen molar-refractivity contribution in [3.63, 3.8) is 0 Å². The fourth-order valence-corrected chi connectivity index (χ4v) is 3.65. The van der Waals surface area contributed by atoms with Crippen LogP contribution < -0.4 is 9.47 Å². The number of hydrogen-bond acceptors (Lipinski definition) is 6. The smallest absolute Gasteiger partial charge is 0.326 e. The van der Waals surface area contributed by atoms with Crippen LogP contribution in [0.3, 0.4) is 0 Å². The van der Waals surface area contributed by atoms with Crippen molar-refractivity contribution in [3.8, 4) is 11.5 Å². The number of rotatable bonds is 4. The van der Waals surface area contributed by atoms with E-state index in [0.29, 0.717) is 17.3 Å². The van der Waals surface area contributed by atoms with Crippen LogP contribution in [0.1, 0.15) is 25.0 Å². The summed E-state index contributed by atoms with van der Waals surface area (Å²) in [4.78, 5) is 36.9. The molecule has 2 atom stereocenters. The third-order valence-electron chi connectivity index (χ3n) is 4.35. The molecule has 1 aromatic rings. The molecule has 1 N–H and O–H groups in total. The topological polar surface area (TPSA) is 93.1 Å². The fourth-order valence-electron chi connectivity index (χ4n) is 3.02. The van der Waals surface area contributed by atoms with E-state index in [1.165, 1.54) is 11.8 Å². The van der Waals surface area contributed by atoms with Gasteiger partial charge in [-0.2, -0.15) is 0 Å². The second-order valence-corrected chi connectivity index (χ2v) is 7.40. The predicted molar refractivity (Wildman–Crippen MR) is 90.5 cm³/mol. The van der Waals surface area contributed by atoms with Crippen LogP contribution in [0.25, 0.3) is 0 Å². The summed E-state index contributed by atoms with van der Waals surface area (Å²) in [6.07, 6.45) is 0.222. The van der Waals surface area contributed by atoms with Crippen LogP contribution in [0.5, 0.6) is 11.5 Å². The zero-order valence-corrected chi connectivity index (χ0v) is 14.8. The molecule has 0 saturated heterocycles. The van der Waals surface area contributed by atoms with Crippen molar-refractivity contribution in [2.45, 2.75) is 32.9 Å². The van der Waals surface area contributed by atoms with Crippen LogP contribution in [-0.2, 0) is 27.3 Å². The van der Waals surface area contributed by atoms with Gasteiger partial charge in [-0.05, 0) is 23.3 Å². The number of hydrogen-bond donors (Lipinski definition) is 1. The molecule has 2 heterocycles. The first-order valence-corrected chi connectivity index (χ1v) is 8.93. The highest BCUT2D eigenvalue weighted by molar-refractivity contribution is 8.13. The van der Waals surface area contributed by atoms with Crippen LogP contribution >= 0.6 is 11.8 Å². The van der Waals surface area contributed by atoms with Crippen molar-refractivity contribution in [3.05, 3.63) is 23.3 Å². The Morgan fingerprint density at radius 3 is 2.52 bits per heavy atom. The van der Waals surface area contributed by atoms with Crippen LogP contribution in [0.15, 0.2) is 12.1 Å². The molecule has 0 aromatic heterocycles. The van der Waals surface area contributed by atoms with Gasteiger partial charge < -0.3 is 19.5 Å². The van der Waals surface area contributed by atoms with Gasteiger partial charge in [0, 0.05) is 31.6 Å². The van der Waals surface area contributed by atoms with Crippen molar-refractivity contribution < 1.29 is 29.0 Å². The first-order valence-electron chi connectivity index (χ1n) is 7.95. The van der Waals surface area contributed by atoms with Gasteiger partial charge in [0.05, 0.1) is 0 Å². The van der Waals surface area contributed by atoms with Gasteiger partial charge in [0.2, 0.25) is 12.7 Å². The molecule has 25 heavy (non-hydrogen) atoms. The first kappa shape index (κ1) is 17.6. The molecule has 0 saturated carbocycles. The number of carboxylic acid groups (broad SMARTS) is 1. The molecule has 0 bridgehead atoms. The standard InChI is InChI=1S/C17H19NO6S/c1-9(7-25-10(2)19)16(20)18-6-12-5-15-14(23-8-24-15)4-11(12)3-13(18)17(21)22/h4-5,9,13H,3,6-8H2,1-2H3,(H,21,22)/t9-,13+/m1/s1. The molecule has 1 amide bonds. The highest BCUT2D eigenvalue weighted by Crippen LogP contribution is 2.38. The molecular weight excluding hydrogens is 346 g/mol. The molecule has 2 aliphatic heterocycles. The molecule has 0 fully saturated rings. The van der Waals surface area contributed by atoms with Crippen LogP contribution in [0, 0.1) is 5.92 Å². The van der Waals surface area contributed by atoms with Gasteiger partial charge in [0.15, 0.2) is 16.6 Å². The monoisotopic (exact) mass is 365 g/mol. The van der Waals surface area contributed by atoms with Gasteiger partial charge in [-0.25, -0.2) is 4.79 Å². The molecule has 0 aliphatic carbocycles. The zero-order valence-electron chi connectivity index (χ0n) is 14.0. The van der Waals surface area contributed by atoms with E-state index < -0.39 is 17.9 Å². The summed E-state index contributed by atoms with van der Waals surface area (Å²) < 4.78 is 10.7. The van der Waals surface area contributed by atoms with Crippen LogP contribution in [0.2, 0.25) is 0 Å². The number of amides is 1. The number of carboxylic acids is 1. The molecule has 0 unspecified atom stereocenters. The Balaban J connectivity index is 1.84. The Morgan fingerprint density at radius 2 is 1.92 bits per heavy atom. The van der Waals surface area contributed by atoms with E-state index in [1.807, 2.05) is 6.07 Å². The largest absolute Gasteiger partial charge is 0.480 e. The minimum absolute atomic E-state index is 0.0638. The van der Waals surface area contributed by atoms with E-state index in [4.69, 9.17) is 9.47 Å². The van der Waals surface area contributed by atoms with Gasteiger partial charge in [-0.3, -0.25) is 9.59 Å². The molecule has 3 rings (SSSR count). The summed E-state index contributed by atoms with van der Waals surface area (Å²) in [5, 5.41) is 9.50. The van der Waals surface area contributed by atoms with Crippen LogP contribution in [0.4, 0.5) is 0 Å². The van der Waals surface area contributed by atoms with Crippen molar-refractivity contribution in [2.75, 3.05) is 12.5 Å². The number of benzene rings is 1. The van der Waals surface area contributed by atoms with E-state index in [2.05, 4.69) is 0 Å². The molecule has 134 valence electrons. The van der Waals surface area contributed by atoms with Crippen LogP contribution in [-0.4, -0.2) is 45.6 Å². The molecule has 1 aromatic carbocycles. The first-order chi connectivity index (χ1) is 11.9. The minimum Gasteiger partial charge on any atom is -0.480 e. The normalized spacial score (nSPS) is 19.3. The maximum Gasteiger partial charge on any atom is 0.326 e. The lowest BCUT2D eigenvalue weighted by Crippen LogP contribution is -2.50. The quantitative estimate of drug-likeness (QED) is 0.867. The third kappa shape index (κ3) is 3.58. The van der Waals surface area contributed by atoms with E-state index in [1.54, 1.807) is 13.0 Å². The van der Waals surface area contributed by atoms with Gasteiger partial charge in [0.1, 0.15) is 6.04 Å². The van der Waals surface area contributed by atoms with Crippen molar-refractivity contribution in [1.82, 2.24) is 4.90 Å². The van der Waals surface area contributed by atoms with Gasteiger partial charge in [-0.15, -0.1) is 0 Å². The fraction of sp³-hybridized carbons (Fsp3) is 0.471. The third-order valence-corrected chi connectivity index (χ3v) is 5.42. The van der Waals surface area contributed by atoms with Crippen molar-refractivity contribution >= 4 is 28.8 Å². The average Bonchev–Trinajstić information content (AvgIpc) is 3.02. The van der Waals surface area contributed by atoms with E-state index in [-0.39, 0.29) is 30.8 Å². The molecule has 0 radical (unpaired) electrons. The maximum atomic E-state index is 12.8. The van der Waals surface area contributed by atoms with E-state index in [9.17, 15) is 19.5 Å². The number of ether oxygens (including phenoxy) is 2. The molecule has 0 spiro atoms. The van der Waals surface area contributed by atoms with Crippen molar-refractivity contribution in [1.29, 1.82) is 0 Å². The van der Waals surface area contributed by atoms with E-state index in [0.717, 1.165) is 22.9 Å². The average molecular weight is 365 g/mol.